The van der Waals surface area contributed by atoms with Gasteiger partial charge in [0.05, 0.1) is 5.56 Å². The molecule has 0 fully saturated rings. The average molecular weight is 294 g/mol. The predicted octanol–water partition coefficient (Wildman–Crippen LogP) is 4.83. The van der Waals surface area contributed by atoms with Crippen molar-refractivity contribution in [3.05, 3.63) is 83.2 Å². The van der Waals surface area contributed by atoms with Gasteiger partial charge in [0.25, 0.3) is 0 Å². The summed E-state index contributed by atoms with van der Waals surface area (Å²) in [7, 11) is 0. The van der Waals surface area contributed by atoms with Gasteiger partial charge in [-0.05, 0) is 34.7 Å². The third-order valence-electron chi connectivity index (χ3n) is 4.01. The summed E-state index contributed by atoms with van der Waals surface area (Å²) in [4.78, 5) is 11.4. The summed E-state index contributed by atoms with van der Waals surface area (Å²) in [6.07, 6.45) is 0. The maximum atomic E-state index is 13.9. The first-order valence-corrected chi connectivity index (χ1v) is 7.08. The standard InChI is InChI=1S/C19H15FO2/c1-12(15-6-2-3-7-16(15)19(21)22)14-10-9-13-5-4-8-18(20)17(13)11-14/h2-12H,1H3,(H,21,22)/t12-/m1/s1. The van der Waals surface area contributed by atoms with Crippen LogP contribution in [0.25, 0.3) is 10.8 Å². The number of rotatable bonds is 3. The van der Waals surface area contributed by atoms with Gasteiger partial charge in [-0.3, -0.25) is 0 Å². The summed E-state index contributed by atoms with van der Waals surface area (Å²) < 4.78 is 13.9. The molecular weight excluding hydrogens is 279 g/mol. The number of benzene rings is 3. The Balaban J connectivity index is 2.11. The Kier molecular flexibility index (Phi) is 3.63. The van der Waals surface area contributed by atoms with E-state index in [-0.39, 0.29) is 17.3 Å². The Hall–Kier alpha value is -2.68. The van der Waals surface area contributed by atoms with Gasteiger partial charge in [0.15, 0.2) is 0 Å². The van der Waals surface area contributed by atoms with E-state index in [2.05, 4.69) is 0 Å². The second kappa shape index (κ2) is 5.60. The van der Waals surface area contributed by atoms with E-state index in [4.69, 9.17) is 0 Å². The summed E-state index contributed by atoms with van der Waals surface area (Å²) in [6.45, 7) is 1.93. The van der Waals surface area contributed by atoms with Gasteiger partial charge in [-0.15, -0.1) is 0 Å². The number of hydrogen-bond donors (Lipinski definition) is 1. The molecule has 0 saturated heterocycles. The Morgan fingerprint density at radius 3 is 2.59 bits per heavy atom. The van der Waals surface area contributed by atoms with Crippen LogP contribution in [0.3, 0.4) is 0 Å². The molecule has 0 aliphatic carbocycles. The molecule has 3 aromatic carbocycles. The fraction of sp³-hybridized carbons (Fsp3) is 0.105. The van der Waals surface area contributed by atoms with Crippen molar-refractivity contribution in [1.82, 2.24) is 0 Å². The first-order valence-electron chi connectivity index (χ1n) is 7.08. The molecule has 0 saturated carbocycles. The first kappa shape index (κ1) is 14.3. The van der Waals surface area contributed by atoms with Gasteiger partial charge in [-0.1, -0.05) is 49.4 Å². The van der Waals surface area contributed by atoms with E-state index in [0.717, 1.165) is 16.5 Å². The molecule has 0 aliphatic rings. The summed E-state index contributed by atoms with van der Waals surface area (Å²) in [5, 5.41) is 10.7. The molecule has 0 heterocycles. The minimum absolute atomic E-state index is 0.128. The van der Waals surface area contributed by atoms with Crippen LogP contribution in [-0.2, 0) is 0 Å². The highest BCUT2D eigenvalue weighted by Gasteiger charge is 2.17. The van der Waals surface area contributed by atoms with E-state index in [0.29, 0.717) is 5.39 Å². The zero-order valence-corrected chi connectivity index (χ0v) is 12.1. The molecule has 110 valence electrons. The lowest BCUT2D eigenvalue weighted by atomic mass is 9.88. The molecule has 0 aliphatic heterocycles. The summed E-state index contributed by atoms with van der Waals surface area (Å²) in [5.41, 5.74) is 1.90. The SMILES string of the molecule is C[C@H](c1ccc2cccc(F)c2c1)c1ccccc1C(=O)O. The molecule has 0 spiro atoms. The first-order chi connectivity index (χ1) is 10.6. The van der Waals surface area contributed by atoms with Crippen molar-refractivity contribution >= 4 is 16.7 Å². The number of aromatic carboxylic acids is 1. The van der Waals surface area contributed by atoms with Crippen LogP contribution in [-0.4, -0.2) is 11.1 Å². The number of carboxylic acid groups (broad SMARTS) is 1. The van der Waals surface area contributed by atoms with E-state index in [1.807, 2.05) is 31.2 Å². The molecule has 1 atom stereocenters. The van der Waals surface area contributed by atoms with Crippen LogP contribution in [0, 0.1) is 5.82 Å². The van der Waals surface area contributed by atoms with Crippen LogP contribution >= 0.6 is 0 Å². The molecule has 0 bridgehead atoms. The van der Waals surface area contributed by atoms with Crippen LogP contribution in [0.5, 0.6) is 0 Å². The summed E-state index contributed by atoms with van der Waals surface area (Å²) in [6, 6.07) is 17.5. The van der Waals surface area contributed by atoms with Gasteiger partial charge >= 0.3 is 5.97 Å². The number of carboxylic acids is 1. The fourth-order valence-electron chi connectivity index (χ4n) is 2.77. The van der Waals surface area contributed by atoms with Crippen LogP contribution in [0.2, 0.25) is 0 Å². The Morgan fingerprint density at radius 1 is 1.05 bits per heavy atom. The maximum Gasteiger partial charge on any atom is 0.335 e. The molecule has 3 aromatic rings. The fourth-order valence-corrected chi connectivity index (χ4v) is 2.77. The Morgan fingerprint density at radius 2 is 1.82 bits per heavy atom. The highest BCUT2D eigenvalue weighted by Crippen LogP contribution is 2.30. The van der Waals surface area contributed by atoms with Crippen molar-refractivity contribution in [2.24, 2.45) is 0 Å². The number of carbonyl (C=O) groups is 1. The summed E-state index contributed by atoms with van der Waals surface area (Å²) in [5.74, 6) is -1.34. The highest BCUT2D eigenvalue weighted by atomic mass is 19.1. The smallest absolute Gasteiger partial charge is 0.335 e. The zero-order chi connectivity index (χ0) is 15.7. The molecule has 1 N–H and O–H groups in total. The number of hydrogen-bond acceptors (Lipinski definition) is 1. The molecular formula is C19H15FO2. The molecule has 0 radical (unpaired) electrons. The van der Waals surface area contributed by atoms with E-state index in [1.54, 1.807) is 30.3 Å². The van der Waals surface area contributed by atoms with Crippen molar-refractivity contribution < 1.29 is 14.3 Å². The number of fused-ring (bicyclic) bond motifs is 1. The lowest BCUT2D eigenvalue weighted by Gasteiger charge is -2.16. The minimum Gasteiger partial charge on any atom is -0.478 e. The van der Waals surface area contributed by atoms with Crippen molar-refractivity contribution in [1.29, 1.82) is 0 Å². The Labute approximate surface area is 127 Å². The molecule has 0 aromatic heterocycles. The van der Waals surface area contributed by atoms with Gasteiger partial charge in [0, 0.05) is 11.3 Å². The Bertz CT molecular complexity index is 855. The van der Waals surface area contributed by atoms with Gasteiger partial charge in [-0.25, -0.2) is 9.18 Å². The van der Waals surface area contributed by atoms with Crippen molar-refractivity contribution in [3.63, 3.8) is 0 Å². The van der Waals surface area contributed by atoms with Gasteiger partial charge in [0.1, 0.15) is 5.82 Å². The van der Waals surface area contributed by atoms with E-state index in [1.165, 1.54) is 6.07 Å². The normalized spacial score (nSPS) is 12.3. The van der Waals surface area contributed by atoms with E-state index < -0.39 is 5.97 Å². The molecule has 0 amide bonds. The molecule has 3 heteroatoms. The predicted molar refractivity (Wildman–Crippen MR) is 84.8 cm³/mol. The van der Waals surface area contributed by atoms with Gasteiger partial charge < -0.3 is 5.11 Å². The highest BCUT2D eigenvalue weighted by molar-refractivity contribution is 5.90. The third kappa shape index (κ3) is 2.46. The minimum atomic E-state index is -0.950. The molecule has 0 unspecified atom stereocenters. The van der Waals surface area contributed by atoms with E-state index in [9.17, 15) is 14.3 Å². The second-order valence-corrected chi connectivity index (χ2v) is 5.33. The van der Waals surface area contributed by atoms with Crippen molar-refractivity contribution in [2.75, 3.05) is 0 Å². The molecule has 2 nitrogen and oxygen atoms in total. The monoisotopic (exact) mass is 294 g/mol. The van der Waals surface area contributed by atoms with Crippen molar-refractivity contribution in [3.8, 4) is 0 Å². The number of halogens is 1. The zero-order valence-electron chi connectivity index (χ0n) is 12.1. The molecule has 3 rings (SSSR count). The van der Waals surface area contributed by atoms with Gasteiger partial charge in [0.2, 0.25) is 0 Å². The molecule has 22 heavy (non-hydrogen) atoms. The third-order valence-corrected chi connectivity index (χ3v) is 4.01. The van der Waals surface area contributed by atoms with Gasteiger partial charge in [-0.2, -0.15) is 0 Å². The average Bonchev–Trinajstić information content (AvgIpc) is 2.54. The largest absolute Gasteiger partial charge is 0.478 e. The van der Waals surface area contributed by atoms with Crippen molar-refractivity contribution in [2.45, 2.75) is 12.8 Å². The van der Waals surface area contributed by atoms with Crippen LogP contribution in [0.4, 0.5) is 4.39 Å². The van der Waals surface area contributed by atoms with Crippen LogP contribution < -0.4 is 0 Å². The lowest BCUT2D eigenvalue weighted by molar-refractivity contribution is 0.0695. The topological polar surface area (TPSA) is 37.3 Å². The lowest BCUT2D eigenvalue weighted by Crippen LogP contribution is -2.06. The van der Waals surface area contributed by atoms with Crippen LogP contribution in [0.1, 0.15) is 34.3 Å². The second-order valence-electron chi connectivity index (χ2n) is 5.33. The van der Waals surface area contributed by atoms with Crippen LogP contribution in [0.15, 0.2) is 60.7 Å². The quantitative estimate of drug-likeness (QED) is 0.751. The van der Waals surface area contributed by atoms with E-state index >= 15 is 0 Å². The maximum absolute atomic E-state index is 13.9. The summed E-state index contributed by atoms with van der Waals surface area (Å²) >= 11 is 0.